The summed E-state index contributed by atoms with van der Waals surface area (Å²) in [6.07, 6.45) is 8.80. The Kier molecular flexibility index (Phi) is 6.28. The van der Waals surface area contributed by atoms with Crippen LogP contribution in [0.2, 0.25) is 0 Å². The van der Waals surface area contributed by atoms with E-state index < -0.39 is 0 Å². The van der Waals surface area contributed by atoms with E-state index in [-0.39, 0.29) is 11.9 Å². The van der Waals surface area contributed by atoms with Gasteiger partial charge in [0.15, 0.2) is 5.76 Å². The van der Waals surface area contributed by atoms with Crippen molar-refractivity contribution in [3.05, 3.63) is 30.0 Å². The quantitative estimate of drug-likeness (QED) is 0.800. The van der Waals surface area contributed by atoms with E-state index in [0.29, 0.717) is 17.7 Å². The van der Waals surface area contributed by atoms with Gasteiger partial charge in [0.05, 0.1) is 38.5 Å². The van der Waals surface area contributed by atoms with Crippen molar-refractivity contribution in [3.63, 3.8) is 0 Å². The number of amides is 1. The van der Waals surface area contributed by atoms with Gasteiger partial charge in [-0.05, 0) is 41.3 Å². The van der Waals surface area contributed by atoms with Crippen molar-refractivity contribution < 1.29 is 14.1 Å². The lowest BCUT2D eigenvalue weighted by atomic mass is 9.94. The summed E-state index contributed by atoms with van der Waals surface area (Å²) in [6, 6.07) is 4.21. The molecule has 2 aromatic rings. The van der Waals surface area contributed by atoms with Gasteiger partial charge in [-0.1, -0.05) is 33.1 Å². The zero-order chi connectivity index (χ0) is 20.2. The number of hydrogen-bond acceptors (Lipinski definition) is 5. The van der Waals surface area contributed by atoms with Gasteiger partial charge < -0.3 is 14.2 Å². The number of quaternary nitrogens is 1. The molecule has 1 aliphatic heterocycles. The van der Waals surface area contributed by atoms with Gasteiger partial charge in [0.1, 0.15) is 6.04 Å². The smallest absolute Gasteiger partial charge is 0.289 e. The second-order valence-electron chi connectivity index (χ2n) is 8.88. The van der Waals surface area contributed by atoms with Gasteiger partial charge in [-0.3, -0.25) is 4.79 Å². The molecule has 1 amide bonds. The minimum atomic E-state index is -0.0125. The van der Waals surface area contributed by atoms with Gasteiger partial charge in [-0.15, -0.1) is 5.10 Å². The van der Waals surface area contributed by atoms with Crippen LogP contribution in [0.4, 0.5) is 0 Å². The van der Waals surface area contributed by atoms with E-state index >= 15 is 0 Å². The lowest BCUT2D eigenvalue weighted by molar-refractivity contribution is -0.937. The molecule has 0 aromatic carbocycles. The highest BCUT2D eigenvalue weighted by atomic mass is 16.3. The minimum Gasteiger partial charge on any atom is -0.459 e. The Morgan fingerprint density at radius 1 is 1.24 bits per heavy atom. The Morgan fingerprint density at radius 3 is 2.66 bits per heavy atom. The van der Waals surface area contributed by atoms with E-state index in [4.69, 9.17) is 4.42 Å². The summed E-state index contributed by atoms with van der Waals surface area (Å²) in [6.45, 7) is 7.79. The van der Waals surface area contributed by atoms with Crippen LogP contribution in [0.5, 0.6) is 0 Å². The van der Waals surface area contributed by atoms with E-state index in [9.17, 15) is 4.79 Å². The highest BCUT2D eigenvalue weighted by molar-refractivity contribution is 5.91. The van der Waals surface area contributed by atoms with Crippen molar-refractivity contribution in [2.45, 2.75) is 64.5 Å². The molecule has 1 saturated heterocycles. The molecule has 0 radical (unpaired) electrons. The van der Waals surface area contributed by atoms with E-state index in [1.165, 1.54) is 37.0 Å². The summed E-state index contributed by atoms with van der Waals surface area (Å²) in [7, 11) is 0. The van der Waals surface area contributed by atoms with Crippen molar-refractivity contribution in [3.8, 4) is 0 Å². The summed E-state index contributed by atoms with van der Waals surface area (Å²) in [5, 5.41) is 13.0. The fourth-order valence-corrected chi connectivity index (χ4v) is 4.84. The normalized spacial score (nSPS) is 20.3. The molecule has 1 N–H and O–H groups in total. The molecule has 158 valence electrons. The molecule has 8 nitrogen and oxygen atoms in total. The monoisotopic (exact) mass is 401 g/mol. The van der Waals surface area contributed by atoms with E-state index in [1.54, 1.807) is 18.4 Å². The molecule has 3 heterocycles. The third-order valence-corrected chi connectivity index (χ3v) is 6.38. The van der Waals surface area contributed by atoms with E-state index in [2.05, 4.69) is 34.1 Å². The third-order valence-electron chi connectivity index (χ3n) is 6.38. The number of nitrogens with one attached hydrogen (secondary N) is 1. The number of furan rings is 1. The van der Waals surface area contributed by atoms with Crippen LogP contribution in [0.25, 0.3) is 0 Å². The minimum absolute atomic E-state index is 0.0125. The largest absolute Gasteiger partial charge is 0.459 e. The molecular formula is C21H33N6O2+. The van der Waals surface area contributed by atoms with E-state index in [0.717, 1.165) is 38.4 Å². The molecule has 8 heteroatoms. The maximum absolute atomic E-state index is 12.6. The SMILES string of the molecule is CC(C)C[C@@H](c1nnnn1C1CCCCC1)[NH+]1CCN(C(=O)c2ccco2)CC1. The average molecular weight is 402 g/mol. The van der Waals surface area contributed by atoms with Crippen molar-refractivity contribution >= 4 is 5.91 Å². The molecule has 2 aromatic heterocycles. The number of hydrogen-bond donors (Lipinski definition) is 1. The van der Waals surface area contributed by atoms with Crippen LogP contribution in [0.1, 0.15) is 80.8 Å². The van der Waals surface area contributed by atoms with Gasteiger partial charge >= 0.3 is 0 Å². The number of nitrogens with zero attached hydrogens (tertiary/aromatic N) is 5. The molecule has 4 rings (SSSR count). The predicted octanol–water partition coefficient (Wildman–Crippen LogP) is 1.90. The van der Waals surface area contributed by atoms with E-state index in [1.807, 2.05) is 4.90 Å². The zero-order valence-corrected chi connectivity index (χ0v) is 17.6. The highest BCUT2D eigenvalue weighted by Gasteiger charge is 2.36. The second-order valence-corrected chi connectivity index (χ2v) is 8.88. The molecule has 0 spiro atoms. The van der Waals surface area contributed by atoms with Gasteiger partial charge in [0, 0.05) is 6.42 Å². The molecule has 29 heavy (non-hydrogen) atoms. The summed E-state index contributed by atoms with van der Waals surface area (Å²) >= 11 is 0. The number of aromatic nitrogens is 4. The van der Waals surface area contributed by atoms with Crippen LogP contribution in [-0.2, 0) is 0 Å². The Balaban J connectivity index is 1.47. The van der Waals surface area contributed by atoms with Gasteiger partial charge in [-0.25, -0.2) is 4.68 Å². The first-order valence-corrected chi connectivity index (χ1v) is 11.1. The first kappa shape index (κ1) is 20.1. The zero-order valence-electron chi connectivity index (χ0n) is 17.6. The van der Waals surface area contributed by atoms with Gasteiger partial charge in [0.25, 0.3) is 5.91 Å². The maximum Gasteiger partial charge on any atom is 0.289 e. The van der Waals surface area contributed by atoms with Crippen molar-refractivity contribution in [1.82, 2.24) is 25.1 Å². The molecule has 0 bridgehead atoms. The Morgan fingerprint density at radius 2 is 2.00 bits per heavy atom. The van der Waals surface area contributed by atoms with Crippen LogP contribution >= 0.6 is 0 Å². The lowest BCUT2D eigenvalue weighted by Gasteiger charge is -2.36. The van der Waals surface area contributed by atoms with Crippen LogP contribution in [0, 0.1) is 5.92 Å². The summed E-state index contributed by atoms with van der Waals surface area (Å²) in [5.41, 5.74) is 0. The first-order valence-electron chi connectivity index (χ1n) is 11.1. The maximum atomic E-state index is 12.6. The third kappa shape index (κ3) is 4.52. The van der Waals surface area contributed by atoms with Gasteiger partial charge in [0.2, 0.25) is 5.82 Å². The highest BCUT2D eigenvalue weighted by Crippen LogP contribution is 2.29. The molecule has 1 aliphatic carbocycles. The molecular weight excluding hydrogens is 368 g/mol. The Hall–Kier alpha value is -2.22. The topological polar surface area (TPSA) is 81.5 Å². The van der Waals surface area contributed by atoms with Crippen LogP contribution in [-0.4, -0.2) is 57.2 Å². The Bertz CT molecular complexity index is 773. The average Bonchev–Trinajstić information content (AvgIpc) is 3.44. The lowest BCUT2D eigenvalue weighted by Crippen LogP contribution is -3.15. The van der Waals surface area contributed by atoms with Crippen LogP contribution in [0.15, 0.2) is 22.8 Å². The van der Waals surface area contributed by atoms with Crippen molar-refractivity contribution in [2.75, 3.05) is 26.2 Å². The summed E-state index contributed by atoms with van der Waals surface area (Å²) in [5.74, 6) is 2.01. The first-order chi connectivity index (χ1) is 14.1. The Labute approximate surface area is 172 Å². The number of carbonyl (C=O) groups is 1. The molecule has 0 unspecified atom stereocenters. The standard InChI is InChI=1S/C21H32N6O2/c1-16(2)15-18(20-22-23-24-27(20)17-7-4-3-5-8-17)25-10-12-26(13-11-25)21(28)19-9-6-14-29-19/h6,9,14,16-18H,3-5,7-8,10-13,15H2,1-2H3/p+1/t18-/m0/s1. The van der Waals surface area contributed by atoms with Crippen molar-refractivity contribution in [1.29, 1.82) is 0 Å². The molecule has 1 saturated carbocycles. The number of tetrazole rings is 1. The summed E-state index contributed by atoms with van der Waals surface area (Å²) in [4.78, 5) is 16.0. The predicted molar refractivity (Wildman–Crippen MR) is 107 cm³/mol. The number of carbonyl (C=O) groups excluding carboxylic acids is 1. The fraction of sp³-hybridized carbons (Fsp3) is 0.714. The molecule has 2 fully saturated rings. The van der Waals surface area contributed by atoms with Crippen molar-refractivity contribution in [2.24, 2.45) is 5.92 Å². The number of piperazine rings is 1. The van der Waals surface area contributed by atoms with Gasteiger partial charge in [-0.2, -0.15) is 0 Å². The molecule has 2 aliphatic rings. The second kappa shape index (κ2) is 9.07. The number of rotatable bonds is 6. The molecule has 1 atom stereocenters. The fourth-order valence-electron chi connectivity index (χ4n) is 4.84. The summed E-state index contributed by atoms with van der Waals surface area (Å²) < 4.78 is 7.41. The van der Waals surface area contributed by atoms with Crippen LogP contribution < -0.4 is 4.90 Å². The van der Waals surface area contributed by atoms with Crippen LogP contribution in [0.3, 0.4) is 0 Å².